The molecule has 4 aliphatic carbocycles. The van der Waals surface area contributed by atoms with Crippen LogP contribution in [-0.2, 0) is 0 Å². The van der Waals surface area contributed by atoms with E-state index in [0.29, 0.717) is 16.1 Å². The third-order valence-electron chi connectivity index (χ3n) is 9.86. The van der Waals surface area contributed by atoms with Crippen LogP contribution in [0, 0.1) is 34.5 Å². The zero-order valence-corrected chi connectivity index (χ0v) is 23.0. The second-order valence-electron chi connectivity index (χ2n) is 11.0. The molecule has 4 aliphatic rings. The van der Waals surface area contributed by atoms with Crippen molar-refractivity contribution in [2.75, 3.05) is 0 Å². The number of allylic oxidation sites excluding steroid dienone is 3. The van der Waals surface area contributed by atoms with Gasteiger partial charge in [-0.15, -0.1) is 0 Å². The van der Waals surface area contributed by atoms with Gasteiger partial charge in [0.1, 0.15) is 0 Å². The average Bonchev–Trinajstić information content (AvgIpc) is 3.13. The molecule has 7 atom stereocenters. The SMILES string of the molecule is C=C(CC)CCCC1CCC2C3CC=C4CC(S)CCC4(C)C3CCC12C.CC.CC. The molecule has 0 nitrogen and oxygen atoms in total. The lowest BCUT2D eigenvalue weighted by molar-refractivity contribution is -0.0420. The van der Waals surface area contributed by atoms with E-state index in [1.807, 2.05) is 27.7 Å². The maximum absolute atomic E-state index is 4.83. The van der Waals surface area contributed by atoms with E-state index in [1.54, 1.807) is 5.57 Å². The van der Waals surface area contributed by atoms with Crippen LogP contribution in [0.4, 0.5) is 0 Å². The van der Waals surface area contributed by atoms with Crippen LogP contribution in [-0.4, -0.2) is 5.25 Å². The predicted octanol–water partition coefficient (Wildman–Crippen LogP) is 10.1. The summed E-state index contributed by atoms with van der Waals surface area (Å²) < 4.78 is 0. The molecule has 3 saturated carbocycles. The van der Waals surface area contributed by atoms with Crippen molar-refractivity contribution in [3.63, 3.8) is 0 Å². The summed E-state index contributed by atoms with van der Waals surface area (Å²) in [5.74, 6) is 3.87. The van der Waals surface area contributed by atoms with E-state index in [2.05, 4.69) is 33.4 Å². The Balaban J connectivity index is 0.000000807. The Morgan fingerprint density at radius 2 is 1.74 bits per heavy atom. The van der Waals surface area contributed by atoms with Crippen LogP contribution in [0.25, 0.3) is 0 Å². The summed E-state index contributed by atoms with van der Waals surface area (Å²) in [5, 5.41) is 0.614. The molecule has 0 radical (unpaired) electrons. The van der Waals surface area contributed by atoms with Crippen LogP contribution in [0.5, 0.6) is 0 Å². The molecule has 0 heterocycles. The van der Waals surface area contributed by atoms with Gasteiger partial charge in [-0.1, -0.05) is 72.3 Å². The van der Waals surface area contributed by atoms with Crippen molar-refractivity contribution in [2.24, 2.45) is 34.5 Å². The van der Waals surface area contributed by atoms with Gasteiger partial charge >= 0.3 is 0 Å². The lowest BCUT2D eigenvalue weighted by Crippen LogP contribution is -2.50. The first-order chi connectivity index (χ1) is 14.9. The van der Waals surface area contributed by atoms with Crippen LogP contribution in [0.2, 0.25) is 0 Å². The van der Waals surface area contributed by atoms with Crippen LogP contribution in [0.15, 0.2) is 23.8 Å². The fourth-order valence-electron chi connectivity index (χ4n) is 8.00. The van der Waals surface area contributed by atoms with E-state index in [-0.39, 0.29) is 0 Å². The molecule has 0 aliphatic heterocycles. The van der Waals surface area contributed by atoms with E-state index in [0.717, 1.165) is 30.1 Å². The molecule has 0 spiro atoms. The minimum atomic E-state index is 0.500. The molecular weight excluding hydrogens is 392 g/mol. The molecule has 4 rings (SSSR count). The fraction of sp³-hybridized carbons (Fsp3) is 0.867. The lowest BCUT2D eigenvalue weighted by Gasteiger charge is -2.58. The summed E-state index contributed by atoms with van der Waals surface area (Å²) >= 11 is 4.83. The van der Waals surface area contributed by atoms with E-state index < -0.39 is 0 Å². The summed E-state index contributed by atoms with van der Waals surface area (Å²) in [6.07, 6.45) is 19.3. The summed E-state index contributed by atoms with van der Waals surface area (Å²) in [6, 6.07) is 0. The van der Waals surface area contributed by atoms with Crippen LogP contribution in [0.1, 0.15) is 126 Å². The molecule has 0 aromatic rings. The molecule has 0 bridgehead atoms. The maximum atomic E-state index is 4.83. The number of hydrogen-bond acceptors (Lipinski definition) is 1. The van der Waals surface area contributed by atoms with E-state index in [4.69, 9.17) is 12.6 Å². The average molecular weight is 447 g/mol. The molecule has 3 fully saturated rings. The maximum Gasteiger partial charge on any atom is 0.00545 e. The minimum absolute atomic E-state index is 0.500. The van der Waals surface area contributed by atoms with Crippen molar-refractivity contribution in [3.05, 3.63) is 23.8 Å². The highest BCUT2D eigenvalue weighted by molar-refractivity contribution is 7.80. The van der Waals surface area contributed by atoms with Crippen molar-refractivity contribution in [2.45, 2.75) is 131 Å². The zero-order valence-electron chi connectivity index (χ0n) is 22.1. The summed E-state index contributed by atoms with van der Waals surface area (Å²) in [6.45, 7) is 19.8. The van der Waals surface area contributed by atoms with Crippen LogP contribution >= 0.6 is 12.6 Å². The highest BCUT2D eigenvalue weighted by Crippen LogP contribution is 2.66. The fourth-order valence-corrected chi connectivity index (χ4v) is 8.33. The molecule has 1 heteroatoms. The number of fused-ring (bicyclic) bond motifs is 5. The summed E-state index contributed by atoms with van der Waals surface area (Å²) in [4.78, 5) is 0. The summed E-state index contributed by atoms with van der Waals surface area (Å²) in [5.41, 5.74) is 4.36. The molecule has 0 aromatic heterocycles. The number of hydrogen-bond donors (Lipinski definition) is 1. The van der Waals surface area contributed by atoms with Gasteiger partial charge in [0, 0.05) is 5.25 Å². The van der Waals surface area contributed by atoms with Gasteiger partial charge in [-0.25, -0.2) is 0 Å². The Morgan fingerprint density at radius 3 is 2.42 bits per heavy atom. The lowest BCUT2D eigenvalue weighted by atomic mass is 9.47. The van der Waals surface area contributed by atoms with E-state index in [9.17, 15) is 0 Å². The largest absolute Gasteiger partial charge is 0.176 e. The van der Waals surface area contributed by atoms with Crippen molar-refractivity contribution in [3.8, 4) is 0 Å². The minimum Gasteiger partial charge on any atom is -0.176 e. The molecule has 7 unspecified atom stereocenters. The van der Waals surface area contributed by atoms with Gasteiger partial charge in [-0.3, -0.25) is 0 Å². The molecule has 0 amide bonds. The second kappa shape index (κ2) is 11.8. The molecule has 0 saturated heterocycles. The Labute approximate surface area is 201 Å². The third kappa shape index (κ3) is 5.33. The van der Waals surface area contributed by atoms with Gasteiger partial charge in [-0.2, -0.15) is 12.6 Å². The van der Waals surface area contributed by atoms with Crippen molar-refractivity contribution in [1.29, 1.82) is 0 Å². The standard InChI is InChI=1S/C26H42S.2C2H6/c1-5-18(2)7-6-8-19-10-12-23-22-11-9-20-17-21(27)13-15-26(20,4)24(22)14-16-25(19,23)3;2*1-2/h9,19,21-24,27H,2,5-8,10-17H2,1,3-4H3;2*1-2H3. The quantitative estimate of drug-likeness (QED) is 0.315. The molecule has 180 valence electrons. The molecule has 0 N–H and O–H groups in total. The van der Waals surface area contributed by atoms with E-state index in [1.165, 1.54) is 76.2 Å². The highest BCUT2D eigenvalue weighted by atomic mass is 32.1. The molecule has 31 heavy (non-hydrogen) atoms. The van der Waals surface area contributed by atoms with Gasteiger partial charge in [0.25, 0.3) is 0 Å². The molecular formula is C30H54S. The van der Waals surface area contributed by atoms with Gasteiger partial charge in [0.05, 0.1) is 0 Å². The molecule has 0 aromatic carbocycles. The van der Waals surface area contributed by atoms with Gasteiger partial charge in [-0.05, 0) is 112 Å². The first-order valence-corrected chi connectivity index (χ1v) is 14.4. The van der Waals surface area contributed by atoms with Gasteiger partial charge < -0.3 is 0 Å². The number of rotatable bonds is 5. The highest BCUT2D eigenvalue weighted by Gasteiger charge is 2.58. The van der Waals surface area contributed by atoms with Gasteiger partial charge in [0.15, 0.2) is 0 Å². The Hall–Kier alpha value is -0.170. The first kappa shape index (κ1) is 27.1. The third-order valence-corrected chi connectivity index (χ3v) is 10.3. The Kier molecular flexibility index (Phi) is 10.3. The topological polar surface area (TPSA) is 0 Å². The normalized spacial score (nSPS) is 40.6. The second-order valence-corrected chi connectivity index (χ2v) is 11.7. The van der Waals surface area contributed by atoms with Crippen molar-refractivity contribution in [1.82, 2.24) is 0 Å². The summed E-state index contributed by atoms with van der Waals surface area (Å²) in [7, 11) is 0. The number of thiol groups is 1. The Morgan fingerprint density at radius 1 is 1.03 bits per heavy atom. The van der Waals surface area contributed by atoms with Crippen LogP contribution in [0.3, 0.4) is 0 Å². The first-order valence-electron chi connectivity index (χ1n) is 13.9. The Bertz CT molecular complexity index is 604. The van der Waals surface area contributed by atoms with Gasteiger partial charge in [0.2, 0.25) is 0 Å². The smallest absolute Gasteiger partial charge is 0.00545 e. The van der Waals surface area contributed by atoms with Crippen LogP contribution < -0.4 is 0 Å². The zero-order chi connectivity index (χ0) is 23.2. The monoisotopic (exact) mass is 446 g/mol. The van der Waals surface area contributed by atoms with Crippen molar-refractivity contribution < 1.29 is 0 Å². The predicted molar refractivity (Wildman–Crippen MR) is 144 cm³/mol. The van der Waals surface area contributed by atoms with E-state index >= 15 is 0 Å². The van der Waals surface area contributed by atoms with Crippen molar-refractivity contribution >= 4 is 12.6 Å².